The average Bonchev–Trinajstić information content (AvgIpc) is 2.36. The Morgan fingerprint density at radius 3 is 2.63 bits per heavy atom. The van der Waals surface area contributed by atoms with Crippen LogP contribution in [0.2, 0.25) is 0 Å². The molecule has 106 valence electrons. The number of hydrogen-bond acceptors (Lipinski definition) is 2. The second-order valence-corrected chi connectivity index (χ2v) is 5.28. The Bertz CT molecular complexity index is 419. The number of likely N-dealkylation sites (N-methyl/N-ethyl adjacent to an activating group) is 1. The van der Waals surface area contributed by atoms with Crippen LogP contribution in [0.4, 0.5) is 8.78 Å². The molecule has 1 aliphatic rings. The highest BCUT2D eigenvalue weighted by Crippen LogP contribution is 2.31. The third kappa shape index (κ3) is 3.12. The van der Waals surface area contributed by atoms with Gasteiger partial charge in [0.25, 0.3) is 0 Å². The van der Waals surface area contributed by atoms with E-state index < -0.39 is 11.6 Å². The van der Waals surface area contributed by atoms with Crippen molar-refractivity contribution < 1.29 is 8.78 Å². The minimum Gasteiger partial charge on any atom is -0.329 e. The number of nitrogens with two attached hydrogens (primary N) is 1. The van der Waals surface area contributed by atoms with E-state index in [0.717, 1.165) is 19.2 Å². The van der Waals surface area contributed by atoms with E-state index in [9.17, 15) is 8.78 Å². The summed E-state index contributed by atoms with van der Waals surface area (Å²) in [6.07, 6.45) is 3.75. The van der Waals surface area contributed by atoms with Crippen molar-refractivity contribution in [2.75, 3.05) is 19.6 Å². The van der Waals surface area contributed by atoms with Gasteiger partial charge in [-0.1, -0.05) is 25.5 Å². The average molecular weight is 268 g/mol. The summed E-state index contributed by atoms with van der Waals surface area (Å²) in [4.78, 5) is 2.17. The molecule has 0 bridgehead atoms. The molecule has 2 N–H and O–H groups in total. The Hall–Kier alpha value is -1.00. The van der Waals surface area contributed by atoms with E-state index in [2.05, 4.69) is 4.90 Å². The summed E-state index contributed by atoms with van der Waals surface area (Å²) in [5, 5.41) is 0. The molecule has 1 atom stereocenters. The summed E-state index contributed by atoms with van der Waals surface area (Å²) in [5.74, 6) is -0.869. The lowest BCUT2D eigenvalue weighted by Gasteiger charge is -2.36. The molecule has 2 rings (SSSR count). The van der Waals surface area contributed by atoms with Crippen LogP contribution in [0.5, 0.6) is 0 Å². The molecular weight excluding hydrogens is 246 g/mol. The fourth-order valence-electron chi connectivity index (χ4n) is 2.73. The van der Waals surface area contributed by atoms with E-state index in [-0.39, 0.29) is 6.04 Å². The van der Waals surface area contributed by atoms with Gasteiger partial charge in [-0.25, -0.2) is 8.78 Å². The van der Waals surface area contributed by atoms with Crippen LogP contribution >= 0.6 is 0 Å². The summed E-state index contributed by atoms with van der Waals surface area (Å²) in [6.45, 7) is 4.07. The predicted molar refractivity (Wildman–Crippen MR) is 72.7 cm³/mol. The van der Waals surface area contributed by atoms with Crippen molar-refractivity contribution in [1.29, 1.82) is 0 Å². The standard InChI is InChI=1S/C15H22F2N2/c1-2-19(10-11-5-3-6-11)14(9-18)12-7-4-8-13(16)15(12)17/h4,7-8,11,14H,2-3,5-6,9-10,18H2,1H3. The smallest absolute Gasteiger partial charge is 0.163 e. The predicted octanol–water partition coefficient (Wildman–Crippen LogP) is 3.09. The largest absolute Gasteiger partial charge is 0.329 e. The summed E-state index contributed by atoms with van der Waals surface area (Å²) in [7, 11) is 0. The van der Waals surface area contributed by atoms with E-state index >= 15 is 0 Å². The van der Waals surface area contributed by atoms with Gasteiger partial charge in [0.2, 0.25) is 0 Å². The van der Waals surface area contributed by atoms with Crippen molar-refractivity contribution in [2.45, 2.75) is 32.2 Å². The van der Waals surface area contributed by atoms with Crippen molar-refractivity contribution in [1.82, 2.24) is 4.90 Å². The highest BCUT2D eigenvalue weighted by molar-refractivity contribution is 5.23. The first-order valence-electron chi connectivity index (χ1n) is 7.05. The molecule has 19 heavy (non-hydrogen) atoms. The third-order valence-corrected chi connectivity index (χ3v) is 4.13. The lowest BCUT2D eigenvalue weighted by atomic mass is 9.84. The van der Waals surface area contributed by atoms with Crippen LogP contribution in [0.25, 0.3) is 0 Å². The molecule has 1 aromatic carbocycles. The molecule has 4 heteroatoms. The lowest BCUT2D eigenvalue weighted by molar-refractivity contribution is 0.139. The van der Waals surface area contributed by atoms with Gasteiger partial charge >= 0.3 is 0 Å². The SMILES string of the molecule is CCN(CC1CCC1)C(CN)c1cccc(F)c1F. The second kappa shape index (κ2) is 6.44. The zero-order valence-electron chi connectivity index (χ0n) is 11.4. The molecule has 1 aliphatic carbocycles. The molecule has 1 saturated carbocycles. The van der Waals surface area contributed by atoms with Crippen molar-refractivity contribution in [2.24, 2.45) is 11.7 Å². The van der Waals surface area contributed by atoms with Crippen LogP contribution in [-0.4, -0.2) is 24.5 Å². The van der Waals surface area contributed by atoms with Gasteiger partial charge < -0.3 is 5.73 Å². The van der Waals surface area contributed by atoms with Gasteiger partial charge in [-0.2, -0.15) is 0 Å². The van der Waals surface area contributed by atoms with E-state index in [1.165, 1.54) is 19.3 Å². The molecule has 2 nitrogen and oxygen atoms in total. The highest BCUT2D eigenvalue weighted by Gasteiger charge is 2.27. The Morgan fingerprint density at radius 1 is 1.37 bits per heavy atom. The normalized spacial score (nSPS) is 17.5. The van der Waals surface area contributed by atoms with Crippen LogP contribution in [0.15, 0.2) is 18.2 Å². The molecule has 1 aromatic rings. The molecule has 1 fully saturated rings. The van der Waals surface area contributed by atoms with Gasteiger partial charge in [0.05, 0.1) is 6.04 Å². The number of halogens is 2. The number of rotatable bonds is 6. The van der Waals surface area contributed by atoms with Crippen molar-refractivity contribution in [3.05, 3.63) is 35.4 Å². The Balaban J connectivity index is 2.18. The van der Waals surface area contributed by atoms with E-state index in [4.69, 9.17) is 5.73 Å². The fraction of sp³-hybridized carbons (Fsp3) is 0.600. The van der Waals surface area contributed by atoms with Crippen molar-refractivity contribution in [3.63, 3.8) is 0 Å². The fourth-order valence-corrected chi connectivity index (χ4v) is 2.73. The maximum absolute atomic E-state index is 13.9. The molecule has 0 saturated heterocycles. The summed E-state index contributed by atoms with van der Waals surface area (Å²) in [5.41, 5.74) is 6.18. The second-order valence-electron chi connectivity index (χ2n) is 5.28. The number of nitrogens with zero attached hydrogens (tertiary/aromatic N) is 1. The number of hydrogen-bond donors (Lipinski definition) is 1. The maximum Gasteiger partial charge on any atom is 0.163 e. The highest BCUT2D eigenvalue weighted by atomic mass is 19.2. The minimum atomic E-state index is -0.796. The molecule has 0 radical (unpaired) electrons. The van der Waals surface area contributed by atoms with Gasteiger partial charge in [-0.15, -0.1) is 0 Å². The van der Waals surface area contributed by atoms with E-state index in [1.54, 1.807) is 12.1 Å². The molecule has 0 spiro atoms. The molecule has 0 aliphatic heterocycles. The lowest BCUT2D eigenvalue weighted by Crippen LogP contribution is -2.39. The van der Waals surface area contributed by atoms with Gasteiger partial charge in [0.1, 0.15) is 0 Å². The van der Waals surface area contributed by atoms with Crippen molar-refractivity contribution >= 4 is 0 Å². The van der Waals surface area contributed by atoms with E-state index in [1.807, 2.05) is 6.92 Å². The molecule has 0 aromatic heterocycles. The Morgan fingerprint density at radius 2 is 2.11 bits per heavy atom. The maximum atomic E-state index is 13.9. The minimum absolute atomic E-state index is 0.235. The molecule has 1 unspecified atom stereocenters. The van der Waals surface area contributed by atoms with Crippen LogP contribution in [-0.2, 0) is 0 Å². The topological polar surface area (TPSA) is 29.3 Å². The van der Waals surface area contributed by atoms with Crippen LogP contribution in [0.3, 0.4) is 0 Å². The first-order valence-corrected chi connectivity index (χ1v) is 7.05. The van der Waals surface area contributed by atoms with E-state index in [0.29, 0.717) is 18.0 Å². The summed E-state index contributed by atoms with van der Waals surface area (Å²) in [6, 6.07) is 4.10. The zero-order chi connectivity index (χ0) is 13.8. The van der Waals surface area contributed by atoms with Crippen LogP contribution in [0.1, 0.15) is 37.8 Å². The van der Waals surface area contributed by atoms with Gasteiger partial charge in [0.15, 0.2) is 11.6 Å². The van der Waals surface area contributed by atoms with Gasteiger partial charge in [-0.3, -0.25) is 4.90 Å². The molecule has 0 amide bonds. The monoisotopic (exact) mass is 268 g/mol. The first-order chi connectivity index (χ1) is 9.17. The summed E-state index contributed by atoms with van der Waals surface area (Å²) < 4.78 is 27.3. The van der Waals surface area contributed by atoms with Crippen LogP contribution in [0, 0.1) is 17.6 Å². The molecular formula is C15H22F2N2. The molecule has 0 heterocycles. The summed E-state index contributed by atoms with van der Waals surface area (Å²) >= 11 is 0. The van der Waals surface area contributed by atoms with Crippen molar-refractivity contribution in [3.8, 4) is 0 Å². The number of benzene rings is 1. The quantitative estimate of drug-likeness (QED) is 0.859. The third-order valence-electron chi connectivity index (χ3n) is 4.13. The van der Waals surface area contributed by atoms with Gasteiger partial charge in [-0.05, 0) is 31.4 Å². The van der Waals surface area contributed by atoms with Crippen LogP contribution < -0.4 is 5.73 Å². The zero-order valence-corrected chi connectivity index (χ0v) is 11.4. The first kappa shape index (κ1) is 14.4. The Kier molecular flexibility index (Phi) is 4.88. The van der Waals surface area contributed by atoms with Gasteiger partial charge in [0, 0.05) is 18.7 Å². The Labute approximate surface area is 113 Å².